The van der Waals surface area contributed by atoms with Gasteiger partial charge in [-0.05, 0) is 36.9 Å². The van der Waals surface area contributed by atoms with Crippen LogP contribution < -0.4 is 5.73 Å². The lowest BCUT2D eigenvalue weighted by atomic mass is 9.72. The molecule has 0 atom stereocenters. The standard InChI is InChI=1S/C16H20ClN3O.ClH/c17-13-6-4-5-12(9-13)15-19-14(21-20-15)10-16(11-18)7-2-1-3-8-16;/h4-6,9H,1-3,7-8,10-11,18H2;1H. The second-order valence-electron chi connectivity index (χ2n) is 5.96. The molecular weight excluding hydrogens is 321 g/mol. The van der Waals surface area contributed by atoms with Gasteiger partial charge in [-0.25, -0.2) is 0 Å². The number of nitrogens with zero attached hydrogens (tertiary/aromatic N) is 2. The first-order chi connectivity index (χ1) is 10.2. The van der Waals surface area contributed by atoms with Gasteiger partial charge in [0.05, 0.1) is 0 Å². The van der Waals surface area contributed by atoms with E-state index in [4.69, 9.17) is 21.9 Å². The first-order valence-electron chi connectivity index (χ1n) is 7.49. The van der Waals surface area contributed by atoms with Crippen LogP contribution in [0.2, 0.25) is 5.02 Å². The summed E-state index contributed by atoms with van der Waals surface area (Å²) in [4.78, 5) is 4.52. The van der Waals surface area contributed by atoms with Gasteiger partial charge < -0.3 is 10.3 Å². The third-order valence-corrected chi connectivity index (χ3v) is 4.66. The second-order valence-corrected chi connectivity index (χ2v) is 6.40. The predicted octanol–water partition coefficient (Wildman–Crippen LogP) is 4.26. The molecule has 0 bridgehead atoms. The van der Waals surface area contributed by atoms with Gasteiger partial charge in [-0.3, -0.25) is 0 Å². The number of aromatic nitrogens is 2. The molecule has 0 unspecified atom stereocenters. The maximum atomic E-state index is 6.02. The fourth-order valence-electron chi connectivity index (χ4n) is 3.15. The van der Waals surface area contributed by atoms with E-state index in [-0.39, 0.29) is 17.8 Å². The van der Waals surface area contributed by atoms with Crippen molar-refractivity contribution in [1.29, 1.82) is 0 Å². The van der Waals surface area contributed by atoms with Gasteiger partial charge in [-0.15, -0.1) is 12.4 Å². The number of halogens is 2. The van der Waals surface area contributed by atoms with E-state index in [0.717, 1.165) is 24.8 Å². The Kier molecular flexibility index (Phi) is 5.84. The molecule has 0 radical (unpaired) electrons. The van der Waals surface area contributed by atoms with Crippen LogP contribution >= 0.6 is 24.0 Å². The van der Waals surface area contributed by atoms with Gasteiger partial charge in [0, 0.05) is 17.0 Å². The Balaban J connectivity index is 0.00000176. The van der Waals surface area contributed by atoms with Crippen molar-refractivity contribution in [3.8, 4) is 11.4 Å². The van der Waals surface area contributed by atoms with Crippen molar-refractivity contribution in [2.24, 2.45) is 11.1 Å². The lowest BCUT2D eigenvalue weighted by molar-refractivity contribution is 0.177. The highest BCUT2D eigenvalue weighted by Crippen LogP contribution is 2.38. The molecule has 2 aromatic rings. The monoisotopic (exact) mass is 341 g/mol. The average molecular weight is 342 g/mol. The van der Waals surface area contributed by atoms with Crippen molar-refractivity contribution < 1.29 is 4.52 Å². The summed E-state index contributed by atoms with van der Waals surface area (Å²) in [7, 11) is 0. The fourth-order valence-corrected chi connectivity index (χ4v) is 3.34. The number of rotatable bonds is 4. The van der Waals surface area contributed by atoms with Crippen molar-refractivity contribution in [1.82, 2.24) is 10.1 Å². The maximum Gasteiger partial charge on any atom is 0.227 e. The molecule has 0 saturated heterocycles. The molecule has 0 amide bonds. The Morgan fingerprint density at radius 2 is 2.00 bits per heavy atom. The summed E-state index contributed by atoms with van der Waals surface area (Å²) in [6.07, 6.45) is 6.87. The lowest BCUT2D eigenvalue weighted by Crippen LogP contribution is -2.35. The quantitative estimate of drug-likeness (QED) is 0.901. The Hall–Kier alpha value is -1.10. The van der Waals surface area contributed by atoms with E-state index in [0.29, 0.717) is 23.3 Å². The van der Waals surface area contributed by atoms with Crippen LogP contribution in [0.3, 0.4) is 0 Å². The summed E-state index contributed by atoms with van der Waals surface area (Å²) in [6.45, 7) is 0.682. The fraction of sp³-hybridized carbons (Fsp3) is 0.500. The highest BCUT2D eigenvalue weighted by Gasteiger charge is 2.33. The van der Waals surface area contributed by atoms with Gasteiger partial charge in [-0.1, -0.05) is 48.2 Å². The molecule has 1 fully saturated rings. The first-order valence-corrected chi connectivity index (χ1v) is 7.87. The molecule has 0 aliphatic heterocycles. The number of hydrogen-bond acceptors (Lipinski definition) is 4. The largest absolute Gasteiger partial charge is 0.339 e. The molecule has 22 heavy (non-hydrogen) atoms. The summed E-state index contributed by atoms with van der Waals surface area (Å²) in [6, 6.07) is 7.49. The zero-order valence-corrected chi connectivity index (χ0v) is 14.0. The lowest BCUT2D eigenvalue weighted by Gasteiger charge is -2.34. The van der Waals surface area contributed by atoms with Crippen LogP contribution in [0.15, 0.2) is 28.8 Å². The van der Waals surface area contributed by atoms with Crippen molar-refractivity contribution in [2.45, 2.75) is 38.5 Å². The Morgan fingerprint density at radius 1 is 1.23 bits per heavy atom. The van der Waals surface area contributed by atoms with E-state index >= 15 is 0 Å². The van der Waals surface area contributed by atoms with E-state index in [9.17, 15) is 0 Å². The van der Waals surface area contributed by atoms with E-state index in [1.165, 1.54) is 19.3 Å². The van der Waals surface area contributed by atoms with E-state index in [1.54, 1.807) is 0 Å². The topological polar surface area (TPSA) is 64.9 Å². The minimum atomic E-state index is 0. The smallest absolute Gasteiger partial charge is 0.227 e. The molecule has 2 N–H and O–H groups in total. The molecule has 1 aliphatic rings. The second kappa shape index (κ2) is 7.44. The zero-order chi connectivity index (χ0) is 14.7. The van der Waals surface area contributed by atoms with Crippen LogP contribution in [-0.2, 0) is 6.42 Å². The molecule has 1 aliphatic carbocycles. The normalized spacial score (nSPS) is 17.0. The minimum Gasteiger partial charge on any atom is -0.339 e. The van der Waals surface area contributed by atoms with Crippen LogP contribution in [-0.4, -0.2) is 16.7 Å². The molecular formula is C16H21Cl2N3O. The summed E-state index contributed by atoms with van der Waals surface area (Å²) in [5.41, 5.74) is 7.03. The molecule has 1 aromatic heterocycles. The summed E-state index contributed by atoms with van der Waals surface area (Å²) < 4.78 is 5.43. The molecule has 4 nitrogen and oxygen atoms in total. The number of hydrogen-bond donors (Lipinski definition) is 1. The Labute approximate surface area is 141 Å². The van der Waals surface area contributed by atoms with Crippen molar-refractivity contribution in [3.63, 3.8) is 0 Å². The third-order valence-electron chi connectivity index (χ3n) is 4.42. The molecule has 120 valence electrons. The van der Waals surface area contributed by atoms with Crippen LogP contribution in [0.25, 0.3) is 11.4 Å². The van der Waals surface area contributed by atoms with Crippen molar-refractivity contribution in [2.75, 3.05) is 6.54 Å². The van der Waals surface area contributed by atoms with Crippen LogP contribution in [0, 0.1) is 5.41 Å². The predicted molar refractivity (Wildman–Crippen MR) is 90.3 cm³/mol. The van der Waals surface area contributed by atoms with Crippen LogP contribution in [0.4, 0.5) is 0 Å². The molecule has 0 spiro atoms. The van der Waals surface area contributed by atoms with Gasteiger partial charge in [0.15, 0.2) is 0 Å². The summed E-state index contributed by atoms with van der Waals surface area (Å²) in [5.74, 6) is 1.27. The summed E-state index contributed by atoms with van der Waals surface area (Å²) >= 11 is 6.00. The molecule has 3 rings (SSSR count). The van der Waals surface area contributed by atoms with E-state index in [2.05, 4.69) is 10.1 Å². The van der Waals surface area contributed by atoms with Gasteiger partial charge in [0.2, 0.25) is 11.7 Å². The van der Waals surface area contributed by atoms with E-state index in [1.807, 2.05) is 24.3 Å². The Morgan fingerprint density at radius 3 is 2.68 bits per heavy atom. The minimum absolute atomic E-state index is 0. The summed E-state index contributed by atoms with van der Waals surface area (Å²) in [5, 5.41) is 4.74. The highest BCUT2D eigenvalue weighted by molar-refractivity contribution is 6.30. The molecule has 1 heterocycles. The van der Waals surface area contributed by atoms with Crippen molar-refractivity contribution in [3.05, 3.63) is 35.2 Å². The number of benzene rings is 1. The van der Waals surface area contributed by atoms with Crippen LogP contribution in [0.5, 0.6) is 0 Å². The SMILES string of the molecule is Cl.NCC1(Cc2nc(-c3cccc(Cl)c3)no2)CCCCC1. The maximum absolute atomic E-state index is 6.02. The van der Waals surface area contributed by atoms with Gasteiger partial charge in [0.25, 0.3) is 0 Å². The van der Waals surface area contributed by atoms with Gasteiger partial charge >= 0.3 is 0 Å². The number of nitrogens with two attached hydrogens (primary N) is 1. The van der Waals surface area contributed by atoms with Crippen LogP contribution in [0.1, 0.15) is 38.0 Å². The Bertz CT molecular complexity index is 609. The molecule has 1 aromatic carbocycles. The molecule has 6 heteroatoms. The highest BCUT2D eigenvalue weighted by atomic mass is 35.5. The van der Waals surface area contributed by atoms with Gasteiger partial charge in [-0.2, -0.15) is 4.98 Å². The molecule has 1 saturated carbocycles. The third kappa shape index (κ3) is 3.80. The average Bonchev–Trinajstić information content (AvgIpc) is 2.96. The zero-order valence-electron chi connectivity index (χ0n) is 12.4. The van der Waals surface area contributed by atoms with E-state index < -0.39 is 0 Å². The first kappa shape index (κ1) is 17.3. The van der Waals surface area contributed by atoms with Crippen molar-refractivity contribution >= 4 is 24.0 Å². The van der Waals surface area contributed by atoms with Gasteiger partial charge in [0.1, 0.15) is 0 Å².